The quantitative estimate of drug-likeness (QED) is 0.536. The molecule has 1 aliphatic carbocycles. The van der Waals surface area contributed by atoms with Gasteiger partial charge in [0.25, 0.3) is 5.56 Å². The molecule has 0 saturated carbocycles. The number of thioether (sulfide) groups is 1. The summed E-state index contributed by atoms with van der Waals surface area (Å²) in [7, 11) is 1.46. The lowest BCUT2D eigenvalue weighted by molar-refractivity contribution is -0.119. The molecular formula is C20H28N4O3S2. The topological polar surface area (TPSA) is 93.1 Å². The van der Waals surface area contributed by atoms with Gasteiger partial charge in [-0.3, -0.25) is 19.5 Å². The van der Waals surface area contributed by atoms with Crippen LogP contribution in [0.15, 0.2) is 9.95 Å². The zero-order valence-electron chi connectivity index (χ0n) is 17.3. The SMILES string of the molecule is CNC(=O)NC(=O)CCSc1nc2sc3c(c2c(=O)n1CC(C)C)CC[C@@H](C)C3. The number of fused-ring (bicyclic) bond motifs is 3. The monoisotopic (exact) mass is 436 g/mol. The van der Waals surface area contributed by atoms with E-state index in [-0.39, 0.29) is 17.9 Å². The predicted octanol–water partition coefficient (Wildman–Crippen LogP) is 3.18. The van der Waals surface area contributed by atoms with Gasteiger partial charge in [-0.25, -0.2) is 9.78 Å². The Bertz CT molecular complexity index is 980. The van der Waals surface area contributed by atoms with Gasteiger partial charge in [0.15, 0.2) is 5.16 Å². The number of carbonyl (C=O) groups is 2. The van der Waals surface area contributed by atoms with Gasteiger partial charge in [-0.15, -0.1) is 11.3 Å². The van der Waals surface area contributed by atoms with Crippen molar-refractivity contribution in [2.24, 2.45) is 11.8 Å². The van der Waals surface area contributed by atoms with Gasteiger partial charge < -0.3 is 5.32 Å². The normalized spacial score (nSPS) is 16.1. The molecule has 29 heavy (non-hydrogen) atoms. The van der Waals surface area contributed by atoms with Crippen molar-refractivity contribution in [3.05, 3.63) is 20.8 Å². The Morgan fingerprint density at radius 1 is 1.38 bits per heavy atom. The van der Waals surface area contributed by atoms with Crippen LogP contribution in [0.1, 0.15) is 44.1 Å². The fourth-order valence-corrected chi connectivity index (χ4v) is 5.90. The summed E-state index contributed by atoms with van der Waals surface area (Å²) in [6, 6.07) is -0.519. The first kappa shape index (κ1) is 21.8. The number of hydrogen-bond acceptors (Lipinski definition) is 6. The lowest BCUT2D eigenvalue weighted by Gasteiger charge is -2.18. The number of amides is 3. The number of carbonyl (C=O) groups excluding carboxylic acids is 2. The third kappa shape index (κ3) is 5.01. The second-order valence-corrected chi connectivity index (χ2v) is 10.1. The van der Waals surface area contributed by atoms with Crippen LogP contribution >= 0.6 is 23.1 Å². The minimum Gasteiger partial charge on any atom is -0.341 e. The van der Waals surface area contributed by atoms with Gasteiger partial charge in [-0.05, 0) is 36.7 Å². The van der Waals surface area contributed by atoms with E-state index in [0.717, 1.165) is 29.5 Å². The predicted molar refractivity (Wildman–Crippen MR) is 118 cm³/mol. The van der Waals surface area contributed by atoms with Crippen LogP contribution in [-0.2, 0) is 24.2 Å². The van der Waals surface area contributed by atoms with Crippen LogP contribution in [0.2, 0.25) is 0 Å². The largest absolute Gasteiger partial charge is 0.341 e. The molecule has 7 nitrogen and oxygen atoms in total. The van der Waals surface area contributed by atoms with Crippen LogP contribution < -0.4 is 16.2 Å². The summed E-state index contributed by atoms with van der Waals surface area (Å²) in [6.45, 7) is 7.00. The van der Waals surface area contributed by atoms with Gasteiger partial charge in [0.05, 0.1) is 5.39 Å². The number of thiophene rings is 1. The van der Waals surface area contributed by atoms with E-state index in [9.17, 15) is 14.4 Å². The smallest absolute Gasteiger partial charge is 0.321 e. The molecule has 2 aromatic rings. The maximum absolute atomic E-state index is 13.4. The van der Waals surface area contributed by atoms with E-state index in [0.29, 0.717) is 29.3 Å². The minimum absolute atomic E-state index is 0.0352. The van der Waals surface area contributed by atoms with E-state index in [1.54, 1.807) is 15.9 Å². The Balaban J connectivity index is 1.88. The Morgan fingerprint density at radius 2 is 2.14 bits per heavy atom. The minimum atomic E-state index is -0.519. The molecule has 1 aliphatic rings. The van der Waals surface area contributed by atoms with Crippen molar-refractivity contribution in [3.63, 3.8) is 0 Å². The first-order valence-corrected chi connectivity index (χ1v) is 11.8. The number of nitrogens with zero attached hydrogens (tertiary/aromatic N) is 2. The van der Waals surface area contributed by atoms with Gasteiger partial charge in [-0.1, -0.05) is 32.5 Å². The maximum atomic E-state index is 13.4. The second kappa shape index (κ2) is 9.30. The Kier molecular flexibility index (Phi) is 7.00. The fraction of sp³-hybridized carbons (Fsp3) is 0.600. The molecule has 0 bridgehead atoms. The molecule has 0 spiro atoms. The molecular weight excluding hydrogens is 408 g/mol. The molecule has 0 unspecified atom stereocenters. The summed E-state index contributed by atoms with van der Waals surface area (Å²) in [4.78, 5) is 43.4. The Labute approximate surface area is 178 Å². The summed E-state index contributed by atoms with van der Waals surface area (Å²) in [5, 5.41) is 6.05. The fourth-order valence-electron chi connectivity index (χ4n) is 3.53. The molecule has 1 atom stereocenters. The molecule has 9 heteroatoms. The number of aryl methyl sites for hydroxylation is 1. The Hall–Kier alpha value is -1.87. The number of rotatable bonds is 6. The van der Waals surface area contributed by atoms with Gasteiger partial charge in [0, 0.05) is 30.6 Å². The standard InChI is InChI=1S/C20H28N4O3S2/c1-11(2)10-24-18(26)16-13-6-5-12(3)9-14(13)29-17(16)23-20(24)28-8-7-15(25)22-19(27)21-4/h11-12H,5-10H2,1-4H3,(H2,21,22,25,27)/t12-/m1/s1. The van der Waals surface area contributed by atoms with E-state index in [4.69, 9.17) is 4.98 Å². The molecule has 3 rings (SSSR count). The molecule has 0 aromatic carbocycles. The Morgan fingerprint density at radius 3 is 2.83 bits per heavy atom. The van der Waals surface area contributed by atoms with Crippen molar-refractivity contribution in [1.29, 1.82) is 0 Å². The molecule has 2 heterocycles. The van der Waals surface area contributed by atoms with E-state index in [1.165, 1.54) is 29.3 Å². The van der Waals surface area contributed by atoms with Gasteiger partial charge in [0.1, 0.15) is 4.83 Å². The zero-order chi connectivity index (χ0) is 21.1. The van der Waals surface area contributed by atoms with Crippen LogP contribution in [0.25, 0.3) is 10.2 Å². The average molecular weight is 437 g/mol. The number of nitrogens with one attached hydrogen (secondary N) is 2. The highest BCUT2D eigenvalue weighted by molar-refractivity contribution is 7.99. The molecule has 0 fully saturated rings. The van der Waals surface area contributed by atoms with Crippen LogP contribution in [0.3, 0.4) is 0 Å². The number of aromatic nitrogens is 2. The van der Waals surface area contributed by atoms with Crippen molar-refractivity contribution in [3.8, 4) is 0 Å². The highest BCUT2D eigenvalue weighted by atomic mass is 32.2. The van der Waals surface area contributed by atoms with Gasteiger partial charge in [0.2, 0.25) is 5.91 Å². The lowest BCUT2D eigenvalue weighted by atomic mass is 9.89. The van der Waals surface area contributed by atoms with Crippen LogP contribution in [0.5, 0.6) is 0 Å². The molecule has 0 radical (unpaired) electrons. The van der Waals surface area contributed by atoms with Crippen molar-refractivity contribution in [2.75, 3.05) is 12.8 Å². The van der Waals surface area contributed by atoms with Gasteiger partial charge in [-0.2, -0.15) is 0 Å². The summed E-state index contributed by atoms with van der Waals surface area (Å²) in [5.74, 6) is 1.04. The maximum Gasteiger partial charge on any atom is 0.321 e. The van der Waals surface area contributed by atoms with Crippen LogP contribution in [-0.4, -0.2) is 34.3 Å². The highest BCUT2D eigenvalue weighted by Gasteiger charge is 2.25. The summed E-state index contributed by atoms with van der Waals surface area (Å²) in [5.41, 5.74) is 1.23. The number of imide groups is 1. The summed E-state index contributed by atoms with van der Waals surface area (Å²) in [6.07, 6.45) is 3.24. The van der Waals surface area contributed by atoms with Crippen LogP contribution in [0.4, 0.5) is 4.79 Å². The second-order valence-electron chi connectivity index (χ2n) is 7.96. The molecule has 158 valence electrons. The van der Waals surface area contributed by atoms with E-state index >= 15 is 0 Å². The average Bonchev–Trinajstić information content (AvgIpc) is 3.01. The molecule has 0 saturated heterocycles. The van der Waals surface area contributed by atoms with Crippen molar-refractivity contribution in [2.45, 2.75) is 58.2 Å². The van der Waals surface area contributed by atoms with Crippen molar-refractivity contribution < 1.29 is 9.59 Å². The first-order valence-electron chi connectivity index (χ1n) is 9.99. The first-order chi connectivity index (χ1) is 13.8. The van der Waals surface area contributed by atoms with Gasteiger partial charge >= 0.3 is 6.03 Å². The summed E-state index contributed by atoms with van der Waals surface area (Å²) < 4.78 is 1.76. The van der Waals surface area contributed by atoms with Crippen LogP contribution in [0, 0.1) is 11.8 Å². The van der Waals surface area contributed by atoms with E-state index in [1.807, 2.05) is 0 Å². The van der Waals surface area contributed by atoms with Crippen molar-refractivity contribution >= 4 is 45.3 Å². The molecule has 3 amide bonds. The third-order valence-corrected chi connectivity index (χ3v) is 7.09. The molecule has 2 aromatic heterocycles. The zero-order valence-corrected chi connectivity index (χ0v) is 19.0. The van der Waals surface area contributed by atoms with E-state index in [2.05, 4.69) is 31.4 Å². The van der Waals surface area contributed by atoms with Crippen molar-refractivity contribution in [1.82, 2.24) is 20.2 Å². The molecule has 0 aliphatic heterocycles. The number of urea groups is 1. The highest BCUT2D eigenvalue weighted by Crippen LogP contribution is 2.36. The lowest BCUT2D eigenvalue weighted by Crippen LogP contribution is -2.37. The summed E-state index contributed by atoms with van der Waals surface area (Å²) >= 11 is 3.03. The van der Waals surface area contributed by atoms with E-state index < -0.39 is 6.03 Å². The third-order valence-electron chi connectivity index (χ3n) is 4.97. The molecule has 2 N–H and O–H groups in total. The number of hydrogen-bond donors (Lipinski definition) is 2.